The molecule has 2 aromatic carbocycles. The van der Waals surface area contributed by atoms with Gasteiger partial charge in [-0.1, -0.05) is 6.07 Å². The third-order valence-electron chi connectivity index (χ3n) is 6.70. The number of carbonyl (C=O) groups is 1. The highest BCUT2D eigenvalue weighted by Crippen LogP contribution is 2.35. The third-order valence-corrected chi connectivity index (χ3v) is 6.70. The molecule has 2 saturated heterocycles. The number of hydrogen-bond acceptors (Lipinski definition) is 3. The number of aliphatic hydroxyl groups excluding tert-OH is 1. The van der Waals surface area contributed by atoms with E-state index in [1.807, 2.05) is 24.3 Å². The quantitative estimate of drug-likeness (QED) is 0.767. The molecule has 2 aromatic rings. The number of hydrogen-bond donors (Lipinski definition) is 1. The molecule has 0 aromatic heterocycles. The van der Waals surface area contributed by atoms with E-state index in [9.17, 15) is 18.7 Å². The Balaban J connectivity index is 1.47. The van der Waals surface area contributed by atoms with Crippen LogP contribution >= 0.6 is 0 Å². The minimum Gasteiger partial charge on any atom is -0.396 e. The zero-order valence-electron chi connectivity index (χ0n) is 17.8. The molecule has 2 aliphatic rings. The summed E-state index contributed by atoms with van der Waals surface area (Å²) in [6.07, 6.45) is 5.38. The summed E-state index contributed by atoms with van der Waals surface area (Å²) in [5.41, 5.74) is 1.52. The van der Waals surface area contributed by atoms with Crippen molar-refractivity contribution >= 4 is 11.6 Å². The van der Waals surface area contributed by atoms with Gasteiger partial charge in [0.2, 0.25) is 0 Å². The number of amides is 1. The van der Waals surface area contributed by atoms with Crippen LogP contribution in [-0.4, -0.2) is 48.7 Å². The number of aliphatic hydroxyl groups is 1. The summed E-state index contributed by atoms with van der Waals surface area (Å²) in [7, 11) is 0. The lowest BCUT2D eigenvalue weighted by Gasteiger charge is -2.42. The summed E-state index contributed by atoms with van der Waals surface area (Å²) in [6.45, 7) is 2.92. The molecule has 0 bridgehead atoms. The SMILES string of the molecule is O=C(c1ccc(N2CCCCC2)cc1)N1CCC[C@@](CO)(Cc2ccc(F)cc2F)C1. The van der Waals surface area contributed by atoms with E-state index >= 15 is 0 Å². The van der Waals surface area contributed by atoms with Crippen molar-refractivity contribution in [2.75, 3.05) is 37.7 Å². The van der Waals surface area contributed by atoms with Crippen LogP contribution in [0.15, 0.2) is 42.5 Å². The molecule has 0 unspecified atom stereocenters. The van der Waals surface area contributed by atoms with Crippen molar-refractivity contribution in [3.63, 3.8) is 0 Å². The highest BCUT2D eigenvalue weighted by atomic mass is 19.1. The molecular formula is C25H30F2N2O2. The summed E-state index contributed by atoms with van der Waals surface area (Å²) >= 11 is 0. The Morgan fingerprint density at radius 1 is 0.968 bits per heavy atom. The number of rotatable bonds is 5. The molecule has 1 N–H and O–H groups in total. The molecule has 31 heavy (non-hydrogen) atoms. The average molecular weight is 429 g/mol. The topological polar surface area (TPSA) is 43.8 Å². The second kappa shape index (κ2) is 9.35. The average Bonchev–Trinajstić information content (AvgIpc) is 2.81. The predicted octanol–water partition coefficient (Wildman–Crippen LogP) is 4.41. The lowest BCUT2D eigenvalue weighted by molar-refractivity contribution is 0.0268. The van der Waals surface area contributed by atoms with Gasteiger partial charge in [0, 0.05) is 48.9 Å². The zero-order valence-corrected chi connectivity index (χ0v) is 17.8. The van der Waals surface area contributed by atoms with Crippen molar-refractivity contribution in [1.82, 2.24) is 4.90 Å². The van der Waals surface area contributed by atoms with Crippen LogP contribution in [0.1, 0.15) is 48.0 Å². The van der Waals surface area contributed by atoms with Gasteiger partial charge in [-0.05, 0) is 74.4 Å². The first-order valence-electron chi connectivity index (χ1n) is 11.2. The molecule has 0 saturated carbocycles. The van der Waals surface area contributed by atoms with E-state index in [4.69, 9.17) is 0 Å². The van der Waals surface area contributed by atoms with Crippen LogP contribution in [0.5, 0.6) is 0 Å². The molecule has 6 heteroatoms. The number of carbonyl (C=O) groups excluding carboxylic acids is 1. The first kappa shape index (κ1) is 21.8. The maximum absolute atomic E-state index is 14.2. The van der Waals surface area contributed by atoms with Crippen LogP contribution in [0.3, 0.4) is 0 Å². The Morgan fingerprint density at radius 2 is 1.71 bits per heavy atom. The summed E-state index contributed by atoms with van der Waals surface area (Å²) in [5.74, 6) is -1.29. The van der Waals surface area contributed by atoms with Crippen LogP contribution < -0.4 is 4.90 Å². The summed E-state index contributed by atoms with van der Waals surface area (Å²) in [6, 6.07) is 11.3. The molecule has 0 radical (unpaired) electrons. The molecule has 166 valence electrons. The smallest absolute Gasteiger partial charge is 0.253 e. The minimum absolute atomic E-state index is 0.0673. The van der Waals surface area contributed by atoms with Gasteiger partial charge in [0.1, 0.15) is 11.6 Å². The second-order valence-corrected chi connectivity index (χ2v) is 9.00. The molecule has 0 spiro atoms. The highest BCUT2D eigenvalue weighted by molar-refractivity contribution is 5.94. The summed E-state index contributed by atoms with van der Waals surface area (Å²) in [4.78, 5) is 17.3. The molecular weight excluding hydrogens is 398 g/mol. The van der Waals surface area contributed by atoms with Crippen molar-refractivity contribution in [3.05, 3.63) is 65.2 Å². The van der Waals surface area contributed by atoms with Crippen molar-refractivity contribution in [3.8, 4) is 0 Å². The lowest BCUT2D eigenvalue weighted by atomic mass is 9.75. The number of benzene rings is 2. The molecule has 4 rings (SSSR count). The minimum atomic E-state index is -0.625. The van der Waals surface area contributed by atoms with Crippen LogP contribution in [0.2, 0.25) is 0 Å². The van der Waals surface area contributed by atoms with Gasteiger partial charge in [-0.3, -0.25) is 4.79 Å². The van der Waals surface area contributed by atoms with E-state index in [2.05, 4.69) is 4.90 Å². The standard InChI is InChI=1S/C25H30F2N2O2/c26-21-8-5-20(23(27)15-21)16-25(18-30)11-4-14-29(17-25)24(31)19-6-9-22(10-7-19)28-12-2-1-3-13-28/h5-10,15,30H,1-4,11-14,16-18H2/t25-/m1/s1. The van der Waals surface area contributed by atoms with Crippen LogP contribution in [-0.2, 0) is 6.42 Å². The molecule has 2 heterocycles. The first-order chi connectivity index (χ1) is 15.0. The number of likely N-dealkylation sites (tertiary alicyclic amines) is 1. The van der Waals surface area contributed by atoms with Gasteiger partial charge in [-0.2, -0.15) is 0 Å². The van der Waals surface area contributed by atoms with Gasteiger partial charge in [0.25, 0.3) is 5.91 Å². The Kier molecular flexibility index (Phi) is 6.56. The van der Waals surface area contributed by atoms with Gasteiger partial charge in [0.05, 0.1) is 6.61 Å². The van der Waals surface area contributed by atoms with Crippen molar-refractivity contribution in [2.45, 2.75) is 38.5 Å². The van der Waals surface area contributed by atoms with E-state index in [-0.39, 0.29) is 18.9 Å². The monoisotopic (exact) mass is 428 g/mol. The van der Waals surface area contributed by atoms with Gasteiger partial charge < -0.3 is 14.9 Å². The Morgan fingerprint density at radius 3 is 2.39 bits per heavy atom. The number of piperidine rings is 2. The Hall–Kier alpha value is -2.47. The van der Waals surface area contributed by atoms with E-state index < -0.39 is 17.0 Å². The zero-order chi connectivity index (χ0) is 21.8. The first-order valence-corrected chi connectivity index (χ1v) is 11.2. The van der Waals surface area contributed by atoms with Crippen molar-refractivity contribution in [2.24, 2.45) is 5.41 Å². The molecule has 2 aliphatic heterocycles. The molecule has 0 aliphatic carbocycles. The predicted molar refractivity (Wildman–Crippen MR) is 117 cm³/mol. The number of anilines is 1. The van der Waals surface area contributed by atoms with Crippen molar-refractivity contribution < 1.29 is 18.7 Å². The van der Waals surface area contributed by atoms with Crippen LogP contribution in [0.25, 0.3) is 0 Å². The lowest BCUT2D eigenvalue weighted by Crippen LogP contribution is -2.49. The number of nitrogens with zero attached hydrogens (tertiary/aromatic N) is 2. The fourth-order valence-corrected chi connectivity index (χ4v) is 4.93. The van der Waals surface area contributed by atoms with Gasteiger partial charge in [0.15, 0.2) is 0 Å². The highest BCUT2D eigenvalue weighted by Gasteiger charge is 2.37. The van der Waals surface area contributed by atoms with Crippen molar-refractivity contribution in [1.29, 1.82) is 0 Å². The molecule has 2 fully saturated rings. The molecule has 1 atom stereocenters. The maximum atomic E-state index is 14.2. The molecule has 4 nitrogen and oxygen atoms in total. The molecule has 1 amide bonds. The van der Waals surface area contributed by atoms with Crippen LogP contribution in [0.4, 0.5) is 14.5 Å². The second-order valence-electron chi connectivity index (χ2n) is 9.00. The normalized spacial score (nSPS) is 21.9. The fraction of sp³-hybridized carbons (Fsp3) is 0.480. The van der Waals surface area contributed by atoms with E-state index in [1.165, 1.54) is 31.4 Å². The summed E-state index contributed by atoms with van der Waals surface area (Å²) < 4.78 is 27.5. The van der Waals surface area contributed by atoms with Crippen LogP contribution in [0, 0.1) is 17.0 Å². The maximum Gasteiger partial charge on any atom is 0.253 e. The number of halogens is 2. The van der Waals surface area contributed by atoms with E-state index in [1.54, 1.807) is 4.90 Å². The Bertz CT molecular complexity index is 912. The van der Waals surface area contributed by atoms with E-state index in [0.717, 1.165) is 31.3 Å². The third kappa shape index (κ3) is 4.90. The van der Waals surface area contributed by atoms with E-state index in [0.29, 0.717) is 30.6 Å². The van der Waals surface area contributed by atoms with Gasteiger partial charge in [-0.15, -0.1) is 0 Å². The summed E-state index contributed by atoms with van der Waals surface area (Å²) in [5, 5.41) is 10.2. The van der Waals surface area contributed by atoms with Gasteiger partial charge in [-0.25, -0.2) is 8.78 Å². The fourth-order valence-electron chi connectivity index (χ4n) is 4.93. The largest absolute Gasteiger partial charge is 0.396 e. The van der Waals surface area contributed by atoms with Gasteiger partial charge >= 0.3 is 0 Å². The Labute approximate surface area is 182 Å².